The molecule has 1 aromatic carbocycles. The molecule has 0 aliphatic rings. The van der Waals surface area contributed by atoms with E-state index in [1.807, 2.05) is 36.3 Å². The Balaban J connectivity index is 1.90. The topological polar surface area (TPSA) is 43.8 Å². The third-order valence-electron chi connectivity index (χ3n) is 2.38. The van der Waals surface area contributed by atoms with Gasteiger partial charge < -0.3 is 5.73 Å². The zero-order valence-electron chi connectivity index (χ0n) is 9.56. The predicted molar refractivity (Wildman–Crippen MR) is 73.5 cm³/mol. The van der Waals surface area contributed by atoms with Gasteiger partial charge in [-0.1, -0.05) is 11.6 Å². The second-order valence-corrected chi connectivity index (χ2v) is 5.38. The summed E-state index contributed by atoms with van der Waals surface area (Å²) < 4.78 is 1.82. The summed E-state index contributed by atoms with van der Waals surface area (Å²) in [6.45, 7) is 0. The van der Waals surface area contributed by atoms with Crippen LogP contribution in [-0.2, 0) is 13.5 Å². The Bertz CT molecular complexity index is 510. The van der Waals surface area contributed by atoms with Crippen molar-refractivity contribution in [1.29, 1.82) is 0 Å². The summed E-state index contributed by atoms with van der Waals surface area (Å²) in [5, 5.41) is 4.82. The molecule has 0 aliphatic carbocycles. The van der Waals surface area contributed by atoms with Gasteiger partial charge in [-0.15, -0.1) is 11.8 Å². The van der Waals surface area contributed by atoms with Crippen LogP contribution in [0.5, 0.6) is 0 Å². The molecule has 0 aliphatic heterocycles. The fourth-order valence-electron chi connectivity index (χ4n) is 1.53. The zero-order valence-corrected chi connectivity index (χ0v) is 11.1. The molecule has 5 heteroatoms. The highest BCUT2D eigenvalue weighted by Gasteiger charge is 2.02. The lowest BCUT2D eigenvalue weighted by Gasteiger charge is -2.04. The molecule has 0 unspecified atom stereocenters. The summed E-state index contributed by atoms with van der Waals surface area (Å²) in [5.74, 6) is 0.984. The number of halogens is 1. The van der Waals surface area contributed by atoms with Crippen molar-refractivity contribution >= 4 is 29.1 Å². The van der Waals surface area contributed by atoms with E-state index >= 15 is 0 Å². The second-order valence-electron chi connectivity index (χ2n) is 3.80. The first-order chi connectivity index (χ1) is 8.15. The van der Waals surface area contributed by atoms with Gasteiger partial charge in [0, 0.05) is 34.6 Å². The lowest BCUT2D eigenvalue weighted by Crippen LogP contribution is -1.91. The van der Waals surface area contributed by atoms with E-state index in [9.17, 15) is 0 Å². The molecule has 2 N–H and O–H groups in total. The largest absolute Gasteiger partial charge is 0.398 e. The molecule has 17 heavy (non-hydrogen) atoms. The van der Waals surface area contributed by atoms with Gasteiger partial charge in [-0.2, -0.15) is 5.10 Å². The maximum absolute atomic E-state index is 5.88. The minimum atomic E-state index is 0.680. The van der Waals surface area contributed by atoms with Crippen molar-refractivity contribution in [2.45, 2.75) is 11.3 Å². The van der Waals surface area contributed by atoms with Crippen LogP contribution in [0, 0.1) is 0 Å². The van der Waals surface area contributed by atoms with Gasteiger partial charge in [-0.25, -0.2) is 0 Å². The molecule has 0 spiro atoms. The molecule has 1 aromatic heterocycles. The van der Waals surface area contributed by atoms with Crippen LogP contribution in [0.1, 0.15) is 5.56 Å². The van der Waals surface area contributed by atoms with E-state index in [1.165, 1.54) is 5.56 Å². The fraction of sp³-hybridized carbons (Fsp3) is 0.250. The number of hydrogen-bond acceptors (Lipinski definition) is 3. The Hall–Kier alpha value is -1.13. The quantitative estimate of drug-likeness (QED) is 0.684. The third-order valence-corrected chi connectivity index (χ3v) is 3.70. The summed E-state index contributed by atoms with van der Waals surface area (Å²) in [6, 6.07) is 5.61. The molecule has 0 atom stereocenters. The first-order valence-electron chi connectivity index (χ1n) is 5.30. The molecule has 0 saturated heterocycles. The van der Waals surface area contributed by atoms with E-state index < -0.39 is 0 Å². The van der Waals surface area contributed by atoms with Crippen molar-refractivity contribution in [1.82, 2.24) is 9.78 Å². The van der Waals surface area contributed by atoms with Gasteiger partial charge in [0.05, 0.1) is 6.20 Å². The lowest BCUT2D eigenvalue weighted by molar-refractivity contribution is 0.767. The maximum Gasteiger partial charge on any atom is 0.0521 e. The molecule has 0 saturated carbocycles. The molecule has 0 fully saturated rings. The molecular formula is C12H14ClN3S. The lowest BCUT2D eigenvalue weighted by atomic mass is 10.3. The van der Waals surface area contributed by atoms with Crippen LogP contribution in [0.2, 0.25) is 5.02 Å². The predicted octanol–water partition coefficient (Wildman–Crippen LogP) is 2.99. The van der Waals surface area contributed by atoms with Crippen molar-refractivity contribution in [3.05, 3.63) is 41.2 Å². The zero-order chi connectivity index (χ0) is 12.3. The Morgan fingerprint density at radius 2 is 2.29 bits per heavy atom. The monoisotopic (exact) mass is 267 g/mol. The summed E-state index contributed by atoms with van der Waals surface area (Å²) >= 11 is 7.59. The van der Waals surface area contributed by atoms with E-state index in [0.717, 1.165) is 22.8 Å². The van der Waals surface area contributed by atoms with E-state index in [-0.39, 0.29) is 0 Å². The second kappa shape index (κ2) is 5.47. The molecule has 0 amide bonds. The van der Waals surface area contributed by atoms with Gasteiger partial charge in [0.15, 0.2) is 0 Å². The summed E-state index contributed by atoms with van der Waals surface area (Å²) in [6.07, 6.45) is 4.91. The van der Waals surface area contributed by atoms with Crippen molar-refractivity contribution < 1.29 is 0 Å². The molecule has 2 rings (SSSR count). The number of nitrogens with zero attached hydrogens (tertiary/aromatic N) is 2. The molecule has 0 bridgehead atoms. The molecule has 3 nitrogen and oxygen atoms in total. The average molecular weight is 268 g/mol. The van der Waals surface area contributed by atoms with E-state index in [4.69, 9.17) is 17.3 Å². The molecule has 0 radical (unpaired) electrons. The van der Waals surface area contributed by atoms with Crippen LogP contribution in [0.4, 0.5) is 5.69 Å². The maximum atomic E-state index is 5.88. The van der Waals surface area contributed by atoms with Crippen LogP contribution >= 0.6 is 23.4 Å². The number of nitrogens with two attached hydrogens (primary N) is 1. The SMILES string of the molecule is Cn1cc(CCSc2ccc(Cl)cc2N)cn1. The number of nitrogen functional groups attached to an aromatic ring is 1. The van der Waals surface area contributed by atoms with Gasteiger partial charge in [0.2, 0.25) is 0 Å². The molecule has 2 aromatic rings. The first kappa shape index (κ1) is 12.3. The Kier molecular flexibility index (Phi) is 3.97. The van der Waals surface area contributed by atoms with Crippen LogP contribution in [0.15, 0.2) is 35.5 Å². The van der Waals surface area contributed by atoms with Crippen molar-refractivity contribution in [2.75, 3.05) is 11.5 Å². The standard InChI is InChI=1S/C12H14ClN3S/c1-16-8-9(7-15-16)4-5-17-12-3-2-10(13)6-11(12)14/h2-3,6-8H,4-5,14H2,1H3. The highest BCUT2D eigenvalue weighted by atomic mass is 35.5. The number of aromatic nitrogens is 2. The van der Waals surface area contributed by atoms with Crippen molar-refractivity contribution in [3.63, 3.8) is 0 Å². The van der Waals surface area contributed by atoms with Gasteiger partial charge in [-0.05, 0) is 30.2 Å². The van der Waals surface area contributed by atoms with Crippen molar-refractivity contribution in [3.8, 4) is 0 Å². The summed E-state index contributed by atoms with van der Waals surface area (Å²) in [5.41, 5.74) is 7.87. The van der Waals surface area contributed by atoms with Gasteiger partial charge in [0.1, 0.15) is 0 Å². The fourth-order valence-corrected chi connectivity index (χ4v) is 2.66. The van der Waals surface area contributed by atoms with Crippen LogP contribution in [0.25, 0.3) is 0 Å². The van der Waals surface area contributed by atoms with Crippen molar-refractivity contribution in [2.24, 2.45) is 7.05 Å². The Morgan fingerprint density at radius 3 is 2.94 bits per heavy atom. The summed E-state index contributed by atoms with van der Waals surface area (Å²) in [7, 11) is 1.92. The van der Waals surface area contributed by atoms with Crippen LogP contribution in [0.3, 0.4) is 0 Å². The number of aryl methyl sites for hydroxylation is 2. The third kappa shape index (κ3) is 3.41. The Labute approximate surface area is 110 Å². The highest BCUT2D eigenvalue weighted by Crippen LogP contribution is 2.28. The number of thioether (sulfide) groups is 1. The molecule has 90 valence electrons. The minimum absolute atomic E-state index is 0.680. The number of anilines is 1. The number of benzene rings is 1. The van der Waals surface area contributed by atoms with E-state index in [2.05, 4.69) is 5.10 Å². The molecule has 1 heterocycles. The average Bonchev–Trinajstić information content (AvgIpc) is 2.68. The van der Waals surface area contributed by atoms with Gasteiger partial charge >= 0.3 is 0 Å². The van der Waals surface area contributed by atoms with E-state index in [1.54, 1.807) is 17.8 Å². The van der Waals surface area contributed by atoms with Crippen LogP contribution in [-0.4, -0.2) is 15.5 Å². The number of hydrogen-bond donors (Lipinski definition) is 1. The highest BCUT2D eigenvalue weighted by molar-refractivity contribution is 7.99. The first-order valence-corrected chi connectivity index (χ1v) is 6.67. The normalized spacial score (nSPS) is 10.7. The minimum Gasteiger partial charge on any atom is -0.398 e. The smallest absolute Gasteiger partial charge is 0.0521 e. The van der Waals surface area contributed by atoms with Gasteiger partial charge in [0.25, 0.3) is 0 Å². The Morgan fingerprint density at radius 1 is 1.47 bits per heavy atom. The van der Waals surface area contributed by atoms with Crippen LogP contribution < -0.4 is 5.73 Å². The van der Waals surface area contributed by atoms with Gasteiger partial charge in [-0.3, -0.25) is 4.68 Å². The number of rotatable bonds is 4. The summed E-state index contributed by atoms with van der Waals surface area (Å²) in [4.78, 5) is 1.08. The van der Waals surface area contributed by atoms with E-state index in [0.29, 0.717) is 5.02 Å². The molecular weight excluding hydrogens is 254 g/mol.